The van der Waals surface area contributed by atoms with Crippen molar-refractivity contribution in [2.45, 2.75) is 200 Å². The molecule has 1 unspecified atom stereocenters. The van der Waals surface area contributed by atoms with Gasteiger partial charge in [-0.3, -0.25) is 18.6 Å². The number of likely N-dealkylation sites (N-methyl/N-ethyl adjacent to an activating group) is 1. The summed E-state index contributed by atoms with van der Waals surface area (Å²) < 4.78 is 34.3. The Kier molecular flexibility index (Phi) is 39.0. The number of carbonyl (C=O) groups is 2. The number of phosphoric ester groups is 1. The molecule has 0 fully saturated rings. The summed E-state index contributed by atoms with van der Waals surface area (Å²) >= 11 is 0. The molecule has 338 valence electrons. The van der Waals surface area contributed by atoms with Gasteiger partial charge in [0.15, 0.2) is 6.10 Å². The van der Waals surface area contributed by atoms with Gasteiger partial charge in [-0.25, -0.2) is 4.57 Å². The summed E-state index contributed by atoms with van der Waals surface area (Å²) in [7, 11) is 1.45. The number of carbonyl (C=O) groups excluding carboxylic acids is 2. The molecule has 0 saturated carbocycles. The van der Waals surface area contributed by atoms with Crippen LogP contribution in [-0.4, -0.2) is 74.9 Å². The fraction of sp³-hybridized carbons (Fsp3) is 0.792. The fourth-order valence-electron chi connectivity index (χ4n) is 6.24. The molecule has 0 amide bonds. The molecule has 2 atom stereocenters. The van der Waals surface area contributed by atoms with Gasteiger partial charge in [-0.2, -0.15) is 0 Å². The van der Waals surface area contributed by atoms with Gasteiger partial charge in [0.1, 0.15) is 19.8 Å². The second kappa shape index (κ2) is 40.4. The fourth-order valence-corrected chi connectivity index (χ4v) is 6.98. The van der Waals surface area contributed by atoms with Crippen molar-refractivity contribution in [3.8, 4) is 0 Å². The SMILES string of the molecule is CC/C=C/C/C=C/C/C=C/C/C=C/CCCCC(=O)OC[C@H](COP(=O)(O)OCC[N+](C)(C)C)OC(=O)CCCCCCCCCCCCCCCCCCCCC. The van der Waals surface area contributed by atoms with Gasteiger partial charge in [0.05, 0.1) is 27.7 Å². The zero-order chi connectivity index (χ0) is 42.8. The first-order valence-corrected chi connectivity index (χ1v) is 24.9. The van der Waals surface area contributed by atoms with Crippen molar-refractivity contribution in [1.29, 1.82) is 0 Å². The number of ether oxygens (including phenoxy) is 2. The smallest absolute Gasteiger partial charge is 0.462 e. The van der Waals surface area contributed by atoms with Gasteiger partial charge < -0.3 is 18.9 Å². The van der Waals surface area contributed by atoms with Crippen LogP contribution in [0.15, 0.2) is 48.6 Å². The molecule has 0 rings (SSSR count). The molecule has 0 aliphatic carbocycles. The van der Waals surface area contributed by atoms with Crippen LogP contribution in [0, 0.1) is 0 Å². The Hall–Kier alpha value is -2.03. The summed E-state index contributed by atoms with van der Waals surface area (Å²) in [6.45, 7) is 4.27. The van der Waals surface area contributed by atoms with E-state index in [1.54, 1.807) is 0 Å². The first-order chi connectivity index (χ1) is 28.0. The molecular formula is C48H89NO8P+. The molecule has 10 heteroatoms. The topological polar surface area (TPSA) is 108 Å². The molecule has 1 N–H and O–H groups in total. The van der Waals surface area contributed by atoms with Crippen molar-refractivity contribution in [3.63, 3.8) is 0 Å². The predicted molar refractivity (Wildman–Crippen MR) is 243 cm³/mol. The van der Waals surface area contributed by atoms with Crippen LogP contribution in [-0.2, 0) is 32.7 Å². The number of nitrogens with zero attached hydrogens (tertiary/aromatic N) is 1. The Bertz CT molecular complexity index is 1130. The number of hydrogen-bond acceptors (Lipinski definition) is 7. The molecule has 0 heterocycles. The Morgan fingerprint density at radius 1 is 0.552 bits per heavy atom. The average molecular weight is 839 g/mol. The number of rotatable bonds is 42. The largest absolute Gasteiger partial charge is 0.472 e. The molecule has 0 aliphatic heterocycles. The molecule has 0 bridgehead atoms. The highest BCUT2D eigenvalue weighted by Gasteiger charge is 2.27. The van der Waals surface area contributed by atoms with Crippen molar-refractivity contribution in [1.82, 2.24) is 0 Å². The van der Waals surface area contributed by atoms with E-state index in [0.717, 1.165) is 51.4 Å². The first-order valence-electron chi connectivity index (χ1n) is 23.4. The third-order valence-electron chi connectivity index (χ3n) is 9.87. The minimum absolute atomic E-state index is 0.0248. The second-order valence-electron chi connectivity index (χ2n) is 16.8. The van der Waals surface area contributed by atoms with E-state index in [-0.39, 0.29) is 26.1 Å². The maximum Gasteiger partial charge on any atom is 0.472 e. The first kappa shape index (κ1) is 56.0. The van der Waals surface area contributed by atoms with E-state index in [4.69, 9.17) is 18.5 Å². The lowest BCUT2D eigenvalue weighted by Crippen LogP contribution is -2.37. The monoisotopic (exact) mass is 839 g/mol. The van der Waals surface area contributed by atoms with Gasteiger partial charge in [0.2, 0.25) is 0 Å². The molecule has 58 heavy (non-hydrogen) atoms. The Labute approximate surface area is 356 Å². The molecule has 0 aromatic heterocycles. The highest BCUT2D eigenvalue weighted by Crippen LogP contribution is 2.43. The van der Waals surface area contributed by atoms with Crippen LogP contribution in [0.4, 0.5) is 0 Å². The van der Waals surface area contributed by atoms with Gasteiger partial charge in [-0.05, 0) is 51.4 Å². The van der Waals surface area contributed by atoms with E-state index in [9.17, 15) is 19.0 Å². The highest BCUT2D eigenvalue weighted by molar-refractivity contribution is 7.47. The molecule has 0 aromatic carbocycles. The quantitative estimate of drug-likeness (QED) is 0.0213. The maximum absolute atomic E-state index is 12.7. The Morgan fingerprint density at radius 3 is 1.47 bits per heavy atom. The molecule has 0 spiro atoms. The number of hydrogen-bond donors (Lipinski definition) is 1. The minimum Gasteiger partial charge on any atom is -0.462 e. The molecule has 0 saturated heterocycles. The van der Waals surface area contributed by atoms with Crippen molar-refractivity contribution >= 4 is 19.8 Å². The number of allylic oxidation sites excluding steroid dienone is 8. The van der Waals surface area contributed by atoms with Crippen LogP contribution >= 0.6 is 7.82 Å². The van der Waals surface area contributed by atoms with Gasteiger partial charge in [0, 0.05) is 12.8 Å². The summed E-state index contributed by atoms with van der Waals surface area (Å²) in [5.41, 5.74) is 0. The Balaban J connectivity index is 4.34. The highest BCUT2D eigenvalue weighted by atomic mass is 31.2. The van der Waals surface area contributed by atoms with Gasteiger partial charge >= 0.3 is 19.8 Å². The van der Waals surface area contributed by atoms with E-state index in [1.165, 1.54) is 103 Å². The third kappa shape index (κ3) is 43.5. The number of quaternary nitrogens is 1. The molecule has 0 aromatic rings. The third-order valence-corrected chi connectivity index (χ3v) is 10.9. The van der Waals surface area contributed by atoms with Crippen LogP contribution in [0.25, 0.3) is 0 Å². The van der Waals surface area contributed by atoms with Crippen LogP contribution < -0.4 is 0 Å². The lowest BCUT2D eigenvalue weighted by Gasteiger charge is -2.24. The van der Waals surface area contributed by atoms with E-state index in [0.29, 0.717) is 23.9 Å². The van der Waals surface area contributed by atoms with E-state index in [2.05, 4.69) is 62.5 Å². The molecule has 0 radical (unpaired) electrons. The summed E-state index contributed by atoms with van der Waals surface area (Å²) in [6.07, 6.45) is 47.4. The van der Waals surface area contributed by atoms with Crippen LogP contribution in [0.2, 0.25) is 0 Å². The molecular weight excluding hydrogens is 750 g/mol. The van der Waals surface area contributed by atoms with E-state index < -0.39 is 32.5 Å². The summed E-state index contributed by atoms with van der Waals surface area (Å²) in [6, 6.07) is 0. The van der Waals surface area contributed by atoms with Gasteiger partial charge in [-0.15, -0.1) is 0 Å². The van der Waals surface area contributed by atoms with Crippen molar-refractivity contribution in [2.24, 2.45) is 0 Å². The second-order valence-corrected chi connectivity index (χ2v) is 18.2. The molecule has 0 aliphatic rings. The van der Waals surface area contributed by atoms with Crippen molar-refractivity contribution < 1.29 is 42.1 Å². The summed E-state index contributed by atoms with van der Waals surface area (Å²) in [5, 5.41) is 0. The summed E-state index contributed by atoms with van der Waals surface area (Å²) in [4.78, 5) is 35.4. The zero-order valence-corrected chi connectivity index (χ0v) is 38.9. The van der Waals surface area contributed by atoms with Crippen molar-refractivity contribution in [2.75, 3.05) is 47.5 Å². The predicted octanol–water partition coefficient (Wildman–Crippen LogP) is 13.5. The Morgan fingerprint density at radius 2 is 0.983 bits per heavy atom. The molecule has 9 nitrogen and oxygen atoms in total. The number of unbranched alkanes of at least 4 members (excludes halogenated alkanes) is 20. The summed E-state index contributed by atoms with van der Waals surface area (Å²) in [5.74, 6) is -0.843. The van der Waals surface area contributed by atoms with Gasteiger partial charge in [-0.1, -0.05) is 178 Å². The van der Waals surface area contributed by atoms with E-state index in [1.807, 2.05) is 21.1 Å². The minimum atomic E-state index is -4.38. The number of esters is 2. The normalized spacial score (nSPS) is 14.0. The standard InChI is InChI=1S/C48H88NO8P/c1-6-8-10-12-14-16-18-20-22-23-24-25-27-29-31-33-35-37-39-41-48(51)57-46(45-56-58(52,53)55-43-42-49(3,4)5)44-54-47(50)40-38-36-34-32-30-28-26-21-19-17-15-13-11-9-7-2/h9,11,15,17,21,26,30,32,46H,6-8,10,12-14,16,18-20,22-25,27-29,31,33-45H2,1-5H3/p+1/b11-9+,17-15+,26-21+,32-30+/t46-/m1/s1. The van der Waals surface area contributed by atoms with E-state index >= 15 is 0 Å². The van der Waals surface area contributed by atoms with Crippen LogP contribution in [0.1, 0.15) is 194 Å². The lowest BCUT2D eigenvalue weighted by atomic mass is 10.0. The van der Waals surface area contributed by atoms with Crippen LogP contribution in [0.3, 0.4) is 0 Å². The number of phosphoric acid groups is 1. The zero-order valence-electron chi connectivity index (χ0n) is 38.0. The maximum atomic E-state index is 12.7. The van der Waals surface area contributed by atoms with Gasteiger partial charge in [0.25, 0.3) is 0 Å². The van der Waals surface area contributed by atoms with Crippen molar-refractivity contribution in [3.05, 3.63) is 48.6 Å². The lowest BCUT2D eigenvalue weighted by molar-refractivity contribution is -0.870. The average Bonchev–Trinajstić information content (AvgIpc) is 3.17. The van der Waals surface area contributed by atoms with Crippen LogP contribution in [0.5, 0.6) is 0 Å².